The Balaban J connectivity index is 1.23. The van der Waals surface area contributed by atoms with Gasteiger partial charge in [-0.25, -0.2) is 4.98 Å². The van der Waals surface area contributed by atoms with Gasteiger partial charge >= 0.3 is 30.9 Å². The molecule has 0 aliphatic heterocycles. The molecule has 0 amide bonds. The maximum atomic E-state index is 14.5. The molecule has 0 atom stereocenters. The largest absolute Gasteiger partial charge is 0.417 e. The summed E-state index contributed by atoms with van der Waals surface area (Å²) in [7, 11) is 0. The van der Waals surface area contributed by atoms with Crippen LogP contribution in [0.3, 0.4) is 0 Å². The highest BCUT2D eigenvalue weighted by molar-refractivity contribution is 6.12. The molecule has 71 heavy (non-hydrogen) atoms. The molecule has 0 aliphatic rings. The smallest absolute Gasteiger partial charge is 0.307 e. The first-order valence-electron chi connectivity index (χ1n) is 21.1. The number of nitrogens with zero attached hydrogens (tertiary/aromatic N) is 3. The molecule has 0 spiro atoms. The number of alkyl halides is 15. The van der Waals surface area contributed by atoms with E-state index in [9.17, 15) is 65.9 Å². The summed E-state index contributed by atoms with van der Waals surface area (Å²) in [6.45, 7) is 1.53. The lowest BCUT2D eigenvalue weighted by Gasteiger charge is -2.19. The second-order valence-corrected chi connectivity index (χ2v) is 16.8. The molecule has 0 N–H and O–H groups in total. The molecule has 0 bridgehead atoms. The average molecular weight is 992 g/mol. The van der Waals surface area contributed by atoms with Crippen LogP contribution in [-0.4, -0.2) is 14.1 Å². The van der Waals surface area contributed by atoms with Gasteiger partial charge in [0.2, 0.25) is 0 Å². The predicted octanol–water partition coefficient (Wildman–Crippen LogP) is 17.7. The molecule has 7 aromatic carbocycles. The number of fused-ring (bicyclic) bond motifs is 6. The maximum absolute atomic E-state index is 14.5. The molecule has 0 saturated heterocycles. The molecule has 18 heteroatoms. The zero-order valence-corrected chi connectivity index (χ0v) is 35.9. The van der Waals surface area contributed by atoms with Gasteiger partial charge in [-0.1, -0.05) is 60.7 Å². The number of aryl methyl sites for hydroxylation is 1. The van der Waals surface area contributed by atoms with Gasteiger partial charge in [-0.15, -0.1) is 0 Å². The monoisotopic (exact) mass is 991 g/mol. The van der Waals surface area contributed by atoms with Crippen LogP contribution in [0.25, 0.3) is 88.5 Å². The van der Waals surface area contributed by atoms with Gasteiger partial charge in [-0.2, -0.15) is 65.9 Å². The number of aromatic nitrogens is 3. The molecule has 360 valence electrons. The fourth-order valence-electron chi connectivity index (χ4n) is 9.24. The maximum Gasteiger partial charge on any atom is 0.417 e. The topological polar surface area (TPSA) is 22.8 Å². The second-order valence-electron chi connectivity index (χ2n) is 16.8. The van der Waals surface area contributed by atoms with Crippen molar-refractivity contribution in [3.8, 4) is 44.9 Å². The summed E-state index contributed by atoms with van der Waals surface area (Å²) in [6.07, 6.45) is -24.2. The molecule has 10 aromatic rings. The Morgan fingerprint density at radius 1 is 0.352 bits per heavy atom. The molecule has 0 fully saturated rings. The minimum atomic E-state index is -5.27. The Bertz CT molecular complexity index is 3740. The highest BCUT2D eigenvalue weighted by Gasteiger charge is 2.40. The normalized spacial score (nSPS) is 13.1. The lowest BCUT2D eigenvalue weighted by molar-refractivity contribution is -0.144. The Hall–Kier alpha value is -7.76. The second kappa shape index (κ2) is 16.1. The minimum absolute atomic E-state index is 0.00288. The van der Waals surface area contributed by atoms with E-state index in [0.29, 0.717) is 68.1 Å². The van der Waals surface area contributed by atoms with Crippen LogP contribution in [0.4, 0.5) is 65.9 Å². The van der Waals surface area contributed by atoms with Crippen molar-refractivity contribution in [2.24, 2.45) is 0 Å². The number of benzene rings is 7. The first-order valence-corrected chi connectivity index (χ1v) is 21.1. The number of para-hydroxylation sites is 2. The van der Waals surface area contributed by atoms with Crippen LogP contribution in [0.15, 0.2) is 152 Å². The third-order valence-corrected chi connectivity index (χ3v) is 12.4. The summed E-state index contributed by atoms with van der Waals surface area (Å²) in [5.74, 6) is 0.0180. The van der Waals surface area contributed by atoms with Crippen LogP contribution in [0.5, 0.6) is 0 Å². The zero-order chi connectivity index (χ0) is 50.7. The van der Waals surface area contributed by atoms with Crippen molar-refractivity contribution in [3.05, 3.63) is 185 Å². The van der Waals surface area contributed by atoms with Gasteiger partial charge in [0.15, 0.2) is 0 Å². The molecular formula is C53H28F15N3. The lowest BCUT2D eigenvalue weighted by Crippen LogP contribution is -2.12. The van der Waals surface area contributed by atoms with Gasteiger partial charge in [0, 0.05) is 27.1 Å². The third kappa shape index (κ3) is 8.27. The average Bonchev–Trinajstić information content (AvgIpc) is 3.81. The van der Waals surface area contributed by atoms with Crippen molar-refractivity contribution in [1.82, 2.24) is 14.1 Å². The quantitative estimate of drug-likeness (QED) is 0.158. The molecule has 3 heterocycles. The highest BCUT2D eigenvalue weighted by atomic mass is 19.4. The van der Waals surface area contributed by atoms with E-state index in [2.05, 4.69) is 0 Å². The van der Waals surface area contributed by atoms with Gasteiger partial charge < -0.3 is 4.57 Å². The molecule has 10 rings (SSSR count). The van der Waals surface area contributed by atoms with E-state index in [0.717, 1.165) is 12.1 Å². The van der Waals surface area contributed by atoms with E-state index in [-0.39, 0.29) is 51.2 Å². The minimum Gasteiger partial charge on any atom is -0.307 e. The number of hydrogen-bond donors (Lipinski definition) is 0. The first-order chi connectivity index (χ1) is 33.3. The zero-order valence-electron chi connectivity index (χ0n) is 35.9. The van der Waals surface area contributed by atoms with Gasteiger partial charge in [0.05, 0.1) is 61.8 Å². The van der Waals surface area contributed by atoms with Crippen molar-refractivity contribution in [1.29, 1.82) is 0 Å². The molecule has 3 aromatic heterocycles. The van der Waals surface area contributed by atoms with Crippen LogP contribution in [0.2, 0.25) is 0 Å². The summed E-state index contributed by atoms with van der Waals surface area (Å²) in [6, 6.07) is 29.0. The summed E-state index contributed by atoms with van der Waals surface area (Å²) in [5, 5.41) is 1.76. The van der Waals surface area contributed by atoms with Crippen LogP contribution in [0.1, 0.15) is 33.4 Å². The van der Waals surface area contributed by atoms with Crippen molar-refractivity contribution >= 4 is 43.6 Å². The number of pyridine rings is 1. The van der Waals surface area contributed by atoms with E-state index < -0.39 is 69.8 Å². The Kier molecular flexibility index (Phi) is 10.7. The van der Waals surface area contributed by atoms with Crippen molar-refractivity contribution in [2.45, 2.75) is 37.8 Å². The summed E-state index contributed by atoms with van der Waals surface area (Å²) in [4.78, 5) is 4.75. The van der Waals surface area contributed by atoms with E-state index in [4.69, 9.17) is 4.98 Å². The summed E-state index contributed by atoms with van der Waals surface area (Å²) >= 11 is 0. The number of rotatable bonds is 5. The number of halogens is 15. The molecule has 0 radical (unpaired) electrons. The van der Waals surface area contributed by atoms with E-state index in [1.807, 2.05) is 0 Å². The van der Waals surface area contributed by atoms with Crippen LogP contribution < -0.4 is 0 Å². The van der Waals surface area contributed by atoms with E-state index in [1.54, 1.807) is 71.3 Å². The van der Waals surface area contributed by atoms with Crippen molar-refractivity contribution < 1.29 is 65.9 Å². The third-order valence-electron chi connectivity index (χ3n) is 12.4. The fourth-order valence-corrected chi connectivity index (χ4v) is 9.24. The SMILES string of the molecule is Cc1cc(C(F)(F)F)ccc1-c1ccc2c(c1)c1ccccc1n2-c1cc(-c2cc(C(F)(F)F)cc(C(F)(F)F)c2)c(-n2c3ccccc3c3cc(-c4ccc(C(F)(F)F)cc4C(F)(F)F)ccc32)cn1. The fraction of sp³-hybridized carbons (Fsp3) is 0.113. The molecule has 0 aliphatic carbocycles. The van der Waals surface area contributed by atoms with Crippen molar-refractivity contribution in [2.75, 3.05) is 0 Å². The van der Waals surface area contributed by atoms with Gasteiger partial charge in [-0.05, 0) is 125 Å². The van der Waals surface area contributed by atoms with Gasteiger partial charge in [0.25, 0.3) is 0 Å². The molecular weight excluding hydrogens is 964 g/mol. The Morgan fingerprint density at radius 2 is 0.817 bits per heavy atom. The Morgan fingerprint density at radius 3 is 1.34 bits per heavy atom. The number of hydrogen-bond acceptors (Lipinski definition) is 1. The van der Waals surface area contributed by atoms with Crippen LogP contribution in [0, 0.1) is 6.92 Å². The van der Waals surface area contributed by atoms with Gasteiger partial charge in [0.1, 0.15) is 5.82 Å². The summed E-state index contributed by atoms with van der Waals surface area (Å²) in [5.41, 5.74) is -5.97. The lowest BCUT2D eigenvalue weighted by atomic mass is 9.95. The predicted molar refractivity (Wildman–Crippen MR) is 239 cm³/mol. The van der Waals surface area contributed by atoms with Gasteiger partial charge in [-0.3, -0.25) is 4.57 Å². The summed E-state index contributed by atoms with van der Waals surface area (Å²) < 4.78 is 215. The first kappa shape index (κ1) is 46.9. The van der Waals surface area contributed by atoms with Crippen molar-refractivity contribution in [3.63, 3.8) is 0 Å². The molecule has 3 nitrogen and oxygen atoms in total. The highest BCUT2D eigenvalue weighted by Crippen LogP contribution is 2.46. The van der Waals surface area contributed by atoms with E-state index >= 15 is 0 Å². The molecule has 0 saturated carbocycles. The van der Waals surface area contributed by atoms with Crippen LogP contribution in [-0.2, 0) is 30.9 Å². The van der Waals surface area contributed by atoms with E-state index in [1.165, 1.54) is 48.0 Å². The molecule has 0 unspecified atom stereocenters. The Labute approximate surface area is 390 Å². The van der Waals surface area contributed by atoms with Crippen LogP contribution >= 0.6 is 0 Å². The standard InChI is InChI=1S/C53H28F15N3/c1-27-18-31(49(54,55)56)12-14-35(27)28-10-17-46-41(21-28)38-7-3-5-9-44(38)71(46)48-25-39(30-19-33(51(60,61)62)23-34(20-30)52(63,64)65)47(26-69-48)70-43-8-4-2-6-37(43)40-22-29(11-16-45(40)70)36-15-13-32(50(57,58)59)24-42(36)53(66,67)68/h2-26H,1H3.